The minimum atomic E-state index is -4.56. The molecule has 5 rings (SSSR count). The molecule has 34 heavy (non-hydrogen) atoms. The maximum absolute atomic E-state index is 13.0. The quantitative estimate of drug-likeness (QED) is 0.468. The van der Waals surface area contributed by atoms with Crippen molar-refractivity contribution in [2.75, 3.05) is 36.5 Å². The summed E-state index contributed by atoms with van der Waals surface area (Å²) in [7, 11) is 0. The smallest absolute Gasteiger partial charge is 0.378 e. The molecule has 2 N–H and O–H groups in total. The number of nitrogens with one attached hydrogen (secondary N) is 2. The van der Waals surface area contributed by atoms with Crippen molar-refractivity contribution in [1.82, 2.24) is 20.2 Å². The predicted molar refractivity (Wildman–Crippen MR) is 120 cm³/mol. The predicted octanol–water partition coefficient (Wildman–Crippen LogP) is 4.13. The van der Waals surface area contributed by atoms with Crippen LogP contribution in [0.25, 0.3) is 22.0 Å². The number of benzene rings is 1. The Morgan fingerprint density at radius 1 is 1.00 bits per heavy atom. The monoisotopic (exact) mass is 468 g/mol. The van der Waals surface area contributed by atoms with E-state index < -0.39 is 17.6 Å². The fourth-order valence-electron chi connectivity index (χ4n) is 3.80. The summed E-state index contributed by atoms with van der Waals surface area (Å²) in [5.41, 5.74) is 2.32. The summed E-state index contributed by atoms with van der Waals surface area (Å²) in [5.74, 6) is -0.648. The van der Waals surface area contributed by atoms with Crippen molar-refractivity contribution in [3.05, 3.63) is 66.4 Å². The Morgan fingerprint density at radius 2 is 1.79 bits per heavy atom. The first-order valence-electron chi connectivity index (χ1n) is 10.5. The molecule has 0 radical (unpaired) electrons. The molecular formula is C23H19F3N6O2. The van der Waals surface area contributed by atoms with Gasteiger partial charge in [0.05, 0.1) is 48.1 Å². The van der Waals surface area contributed by atoms with Gasteiger partial charge in [-0.3, -0.25) is 19.9 Å². The van der Waals surface area contributed by atoms with Crippen LogP contribution in [-0.2, 0) is 10.9 Å². The number of carbonyl (C=O) groups excluding carboxylic acids is 1. The topological polar surface area (TPSA) is 96.0 Å². The Balaban J connectivity index is 1.43. The van der Waals surface area contributed by atoms with Crippen LogP contribution in [0.3, 0.4) is 0 Å². The van der Waals surface area contributed by atoms with Crippen LogP contribution >= 0.6 is 0 Å². The zero-order valence-electron chi connectivity index (χ0n) is 17.8. The second kappa shape index (κ2) is 8.75. The number of nitrogens with zero attached hydrogens (tertiary/aromatic N) is 4. The molecule has 4 aromatic rings. The van der Waals surface area contributed by atoms with Gasteiger partial charge in [0.2, 0.25) is 0 Å². The summed E-state index contributed by atoms with van der Waals surface area (Å²) < 4.78 is 44.3. The number of amides is 1. The molecule has 4 heterocycles. The van der Waals surface area contributed by atoms with E-state index in [0.29, 0.717) is 30.3 Å². The Morgan fingerprint density at radius 3 is 2.59 bits per heavy atom. The lowest BCUT2D eigenvalue weighted by Crippen LogP contribution is -2.36. The van der Waals surface area contributed by atoms with Crippen LogP contribution in [0.5, 0.6) is 0 Å². The summed E-state index contributed by atoms with van der Waals surface area (Å²) in [4.78, 5) is 22.9. The van der Waals surface area contributed by atoms with E-state index in [9.17, 15) is 18.0 Å². The van der Waals surface area contributed by atoms with Gasteiger partial charge in [-0.1, -0.05) is 6.07 Å². The highest BCUT2D eigenvalue weighted by Gasteiger charge is 2.31. The van der Waals surface area contributed by atoms with E-state index in [1.807, 2.05) is 12.1 Å². The zero-order valence-corrected chi connectivity index (χ0v) is 17.8. The molecule has 0 spiro atoms. The summed E-state index contributed by atoms with van der Waals surface area (Å²) in [6.45, 7) is 2.87. The van der Waals surface area contributed by atoms with Crippen molar-refractivity contribution in [2.45, 2.75) is 6.18 Å². The molecule has 1 fully saturated rings. The van der Waals surface area contributed by atoms with Gasteiger partial charge in [0.1, 0.15) is 0 Å². The third kappa shape index (κ3) is 4.42. The Kier molecular flexibility index (Phi) is 5.62. The average Bonchev–Trinajstić information content (AvgIpc) is 3.28. The van der Waals surface area contributed by atoms with Crippen LogP contribution in [0.2, 0.25) is 0 Å². The molecule has 1 saturated heterocycles. The number of ether oxygens (including phenoxy) is 1. The number of aromatic amines is 1. The van der Waals surface area contributed by atoms with Gasteiger partial charge >= 0.3 is 6.18 Å². The van der Waals surface area contributed by atoms with Crippen molar-refractivity contribution < 1.29 is 22.7 Å². The average molecular weight is 468 g/mol. The van der Waals surface area contributed by atoms with Crippen LogP contribution in [0.1, 0.15) is 16.1 Å². The molecular weight excluding hydrogens is 449 g/mol. The number of pyridine rings is 2. The van der Waals surface area contributed by atoms with E-state index in [-0.39, 0.29) is 11.4 Å². The van der Waals surface area contributed by atoms with Gasteiger partial charge < -0.3 is 15.0 Å². The van der Waals surface area contributed by atoms with Crippen LogP contribution < -0.4 is 10.2 Å². The molecule has 3 aromatic heterocycles. The SMILES string of the molecule is O=C(Nc1cncc(C(F)(F)F)c1)c1n[nH]c2ccc(-c3cncc(N4CCOCC4)c3)cc12. The third-order valence-corrected chi connectivity index (χ3v) is 5.53. The number of hydrogen-bond donors (Lipinski definition) is 2. The van der Waals surface area contributed by atoms with Crippen molar-refractivity contribution in [3.8, 4) is 11.1 Å². The number of H-pyrrole nitrogens is 1. The van der Waals surface area contributed by atoms with E-state index in [1.54, 1.807) is 24.5 Å². The van der Waals surface area contributed by atoms with Crippen LogP contribution in [0.15, 0.2) is 55.1 Å². The van der Waals surface area contributed by atoms with Gasteiger partial charge in [0.15, 0.2) is 5.69 Å². The molecule has 174 valence electrons. The lowest BCUT2D eigenvalue weighted by molar-refractivity contribution is -0.137. The van der Waals surface area contributed by atoms with Crippen molar-refractivity contribution in [2.24, 2.45) is 0 Å². The van der Waals surface area contributed by atoms with Crippen LogP contribution in [-0.4, -0.2) is 52.4 Å². The highest BCUT2D eigenvalue weighted by molar-refractivity contribution is 6.11. The molecule has 0 saturated carbocycles. The van der Waals surface area contributed by atoms with Gasteiger partial charge in [-0.2, -0.15) is 18.3 Å². The highest BCUT2D eigenvalue weighted by atomic mass is 19.4. The van der Waals surface area contributed by atoms with E-state index in [1.165, 1.54) is 0 Å². The fraction of sp³-hybridized carbons (Fsp3) is 0.217. The first-order valence-corrected chi connectivity index (χ1v) is 10.5. The van der Waals surface area contributed by atoms with Gasteiger partial charge in [0.25, 0.3) is 5.91 Å². The Bertz CT molecular complexity index is 1350. The number of carbonyl (C=O) groups is 1. The zero-order chi connectivity index (χ0) is 23.7. The molecule has 0 unspecified atom stereocenters. The van der Waals surface area contributed by atoms with Crippen molar-refractivity contribution in [1.29, 1.82) is 0 Å². The number of hydrogen-bond acceptors (Lipinski definition) is 6. The van der Waals surface area contributed by atoms with E-state index >= 15 is 0 Å². The standard InChI is InChI=1S/C23H19F3N6O2/c24-23(25,26)16-9-17(12-28-11-16)29-22(33)21-19-8-14(1-2-20(19)30-31-21)15-7-18(13-27-10-15)32-3-5-34-6-4-32/h1-2,7-13H,3-6H2,(H,29,33)(H,30,31). The van der Waals surface area contributed by atoms with Crippen molar-refractivity contribution in [3.63, 3.8) is 0 Å². The van der Waals surface area contributed by atoms with Gasteiger partial charge in [-0.05, 0) is 29.8 Å². The van der Waals surface area contributed by atoms with Crippen molar-refractivity contribution >= 4 is 28.2 Å². The molecule has 1 aliphatic rings. The molecule has 1 aliphatic heterocycles. The Hall–Kier alpha value is -3.99. The highest BCUT2D eigenvalue weighted by Crippen LogP contribution is 2.31. The van der Waals surface area contributed by atoms with E-state index in [0.717, 1.165) is 42.2 Å². The number of aromatic nitrogens is 4. The minimum absolute atomic E-state index is 0.0616. The third-order valence-electron chi connectivity index (χ3n) is 5.53. The molecule has 0 aliphatic carbocycles. The number of rotatable bonds is 4. The second-order valence-electron chi connectivity index (χ2n) is 7.78. The number of morpholine rings is 1. The van der Waals surface area contributed by atoms with Gasteiger partial charge in [0, 0.05) is 36.4 Å². The summed E-state index contributed by atoms with van der Waals surface area (Å²) >= 11 is 0. The first kappa shape index (κ1) is 21.8. The van der Waals surface area contributed by atoms with Crippen LogP contribution in [0.4, 0.5) is 24.5 Å². The fourth-order valence-corrected chi connectivity index (χ4v) is 3.80. The number of anilines is 2. The molecule has 11 heteroatoms. The lowest BCUT2D eigenvalue weighted by Gasteiger charge is -2.28. The molecule has 1 aromatic carbocycles. The summed E-state index contributed by atoms with van der Waals surface area (Å²) in [6, 6.07) is 8.33. The summed E-state index contributed by atoms with van der Waals surface area (Å²) in [6.07, 6.45) is 0.818. The lowest BCUT2D eigenvalue weighted by atomic mass is 10.0. The molecule has 0 atom stereocenters. The van der Waals surface area contributed by atoms with E-state index in [4.69, 9.17) is 4.74 Å². The molecule has 1 amide bonds. The van der Waals surface area contributed by atoms with Gasteiger partial charge in [-0.15, -0.1) is 0 Å². The van der Waals surface area contributed by atoms with Gasteiger partial charge in [-0.25, -0.2) is 0 Å². The maximum Gasteiger partial charge on any atom is 0.417 e. The minimum Gasteiger partial charge on any atom is -0.378 e. The second-order valence-corrected chi connectivity index (χ2v) is 7.78. The number of halogens is 3. The van der Waals surface area contributed by atoms with Crippen LogP contribution in [0, 0.1) is 0 Å². The molecule has 0 bridgehead atoms. The molecule has 8 nitrogen and oxygen atoms in total. The summed E-state index contributed by atoms with van der Waals surface area (Å²) in [5, 5.41) is 9.84. The normalized spacial score (nSPS) is 14.4. The number of alkyl halides is 3. The first-order chi connectivity index (χ1) is 16.4. The number of fused-ring (bicyclic) bond motifs is 1. The Labute approximate surface area is 191 Å². The maximum atomic E-state index is 13.0. The largest absolute Gasteiger partial charge is 0.417 e. The van der Waals surface area contributed by atoms with E-state index in [2.05, 4.69) is 30.4 Å².